The maximum absolute atomic E-state index is 12.3. The highest BCUT2D eigenvalue weighted by molar-refractivity contribution is 5.78. The summed E-state index contributed by atoms with van der Waals surface area (Å²) >= 11 is 0. The van der Waals surface area contributed by atoms with E-state index in [0.29, 0.717) is 12.6 Å². The molecule has 1 atom stereocenters. The van der Waals surface area contributed by atoms with Gasteiger partial charge in [0.25, 0.3) is 0 Å². The van der Waals surface area contributed by atoms with E-state index in [0.717, 1.165) is 64.6 Å². The van der Waals surface area contributed by atoms with E-state index in [9.17, 15) is 9.90 Å². The number of piperazine rings is 1. The van der Waals surface area contributed by atoms with Gasteiger partial charge in [0.15, 0.2) is 0 Å². The van der Waals surface area contributed by atoms with E-state index in [4.69, 9.17) is 0 Å². The minimum absolute atomic E-state index is 0.183. The van der Waals surface area contributed by atoms with Crippen LogP contribution in [-0.4, -0.2) is 96.3 Å². The Labute approximate surface area is 146 Å². The number of likely N-dealkylation sites (tertiary alicyclic amines) is 1. The van der Waals surface area contributed by atoms with E-state index >= 15 is 0 Å². The highest BCUT2D eigenvalue weighted by Gasteiger charge is 2.32. The Morgan fingerprint density at radius 2 is 1.75 bits per heavy atom. The molecule has 6 nitrogen and oxygen atoms in total. The van der Waals surface area contributed by atoms with Crippen molar-refractivity contribution in [1.29, 1.82) is 0 Å². The minimum atomic E-state index is 0.183. The van der Waals surface area contributed by atoms with Gasteiger partial charge >= 0.3 is 0 Å². The van der Waals surface area contributed by atoms with Crippen LogP contribution in [0.5, 0.6) is 0 Å². The number of piperidine rings is 1. The van der Waals surface area contributed by atoms with Gasteiger partial charge in [-0.1, -0.05) is 6.92 Å². The number of aliphatic hydroxyl groups excluding tert-OH is 1. The first-order valence-corrected chi connectivity index (χ1v) is 9.80. The lowest BCUT2D eigenvalue weighted by atomic mass is 10.0. The Kier molecular flexibility index (Phi) is 6.49. The second-order valence-electron chi connectivity index (χ2n) is 7.67. The summed E-state index contributed by atoms with van der Waals surface area (Å²) in [5, 5.41) is 12.6. The van der Waals surface area contributed by atoms with Crippen LogP contribution >= 0.6 is 0 Å². The van der Waals surface area contributed by atoms with Crippen LogP contribution in [0.15, 0.2) is 0 Å². The lowest BCUT2D eigenvalue weighted by molar-refractivity contribution is -0.123. The van der Waals surface area contributed by atoms with E-state index in [1.165, 1.54) is 12.8 Å². The van der Waals surface area contributed by atoms with Gasteiger partial charge in [-0.15, -0.1) is 0 Å². The van der Waals surface area contributed by atoms with E-state index in [1.807, 2.05) is 0 Å². The summed E-state index contributed by atoms with van der Waals surface area (Å²) in [7, 11) is 0. The van der Waals surface area contributed by atoms with Crippen molar-refractivity contribution >= 4 is 5.91 Å². The fraction of sp³-hybridized carbons (Fsp3) is 0.944. The molecule has 1 aliphatic carbocycles. The minimum Gasteiger partial charge on any atom is -0.395 e. The Hall–Kier alpha value is -0.690. The summed E-state index contributed by atoms with van der Waals surface area (Å²) in [6, 6.07) is 1.49. The highest BCUT2D eigenvalue weighted by Crippen LogP contribution is 2.29. The fourth-order valence-corrected chi connectivity index (χ4v) is 4.11. The zero-order chi connectivity index (χ0) is 16.9. The van der Waals surface area contributed by atoms with Crippen LogP contribution in [0.4, 0.5) is 0 Å². The molecule has 0 spiro atoms. The first kappa shape index (κ1) is 18.1. The van der Waals surface area contributed by atoms with Crippen molar-refractivity contribution in [2.45, 2.75) is 57.2 Å². The summed E-state index contributed by atoms with van der Waals surface area (Å²) in [5.74, 6) is 0.183. The Morgan fingerprint density at radius 3 is 2.29 bits per heavy atom. The van der Waals surface area contributed by atoms with Crippen LogP contribution in [0.3, 0.4) is 0 Å². The summed E-state index contributed by atoms with van der Waals surface area (Å²) in [6.07, 6.45) is 5.93. The monoisotopic (exact) mass is 338 g/mol. The average molecular weight is 338 g/mol. The Balaban J connectivity index is 1.32. The molecule has 1 saturated carbocycles. The van der Waals surface area contributed by atoms with Gasteiger partial charge in [-0.2, -0.15) is 0 Å². The molecule has 6 heteroatoms. The van der Waals surface area contributed by atoms with Gasteiger partial charge in [0, 0.05) is 57.4 Å². The van der Waals surface area contributed by atoms with Crippen LogP contribution in [0.2, 0.25) is 0 Å². The molecule has 0 bridgehead atoms. The van der Waals surface area contributed by atoms with E-state index < -0.39 is 0 Å². The predicted molar refractivity (Wildman–Crippen MR) is 94.9 cm³/mol. The Morgan fingerprint density at radius 1 is 1.08 bits per heavy atom. The lowest BCUT2D eigenvalue weighted by Gasteiger charge is -2.38. The molecule has 1 amide bonds. The molecular formula is C18H34N4O2. The molecule has 2 N–H and O–H groups in total. The van der Waals surface area contributed by atoms with Crippen molar-refractivity contribution < 1.29 is 9.90 Å². The zero-order valence-corrected chi connectivity index (χ0v) is 15.1. The number of hydrogen-bond acceptors (Lipinski definition) is 5. The maximum atomic E-state index is 12.3. The molecule has 0 aromatic carbocycles. The molecule has 0 aromatic heterocycles. The van der Waals surface area contributed by atoms with Crippen molar-refractivity contribution in [3.05, 3.63) is 0 Å². The second-order valence-corrected chi connectivity index (χ2v) is 7.67. The maximum Gasteiger partial charge on any atom is 0.234 e. The molecule has 3 rings (SSSR count). The number of carbonyl (C=O) groups excluding carboxylic acids is 1. The largest absolute Gasteiger partial charge is 0.395 e. The number of nitrogens with zero attached hydrogens (tertiary/aromatic N) is 3. The SMILES string of the molecule is CCC(CO)N1CCN(CC(=O)NC2CCN(C3CC3)CC2)CC1. The molecule has 138 valence electrons. The van der Waals surface area contributed by atoms with Crippen molar-refractivity contribution in [3.8, 4) is 0 Å². The average Bonchev–Trinajstić information content (AvgIpc) is 3.43. The number of hydrogen-bond donors (Lipinski definition) is 2. The highest BCUT2D eigenvalue weighted by atomic mass is 16.3. The fourth-order valence-electron chi connectivity index (χ4n) is 4.11. The quantitative estimate of drug-likeness (QED) is 0.690. The van der Waals surface area contributed by atoms with E-state index in [1.54, 1.807) is 0 Å². The number of carbonyl (C=O) groups is 1. The van der Waals surface area contributed by atoms with Crippen LogP contribution < -0.4 is 5.32 Å². The molecule has 3 aliphatic rings. The van der Waals surface area contributed by atoms with Crippen molar-refractivity contribution in [1.82, 2.24) is 20.0 Å². The third-order valence-corrected chi connectivity index (χ3v) is 5.93. The normalized spacial score (nSPS) is 26.4. The molecule has 0 radical (unpaired) electrons. The van der Waals surface area contributed by atoms with Gasteiger partial charge in [-0.05, 0) is 32.1 Å². The topological polar surface area (TPSA) is 59.1 Å². The van der Waals surface area contributed by atoms with E-state index in [-0.39, 0.29) is 18.6 Å². The molecule has 2 heterocycles. The van der Waals surface area contributed by atoms with Crippen LogP contribution in [0.1, 0.15) is 39.0 Å². The predicted octanol–water partition coefficient (Wildman–Crippen LogP) is 0.118. The number of rotatable bonds is 7. The van der Waals surface area contributed by atoms with Gasteiger partial charge in [0.2, 0.25) is 5.91 Å². The third kappa shape index (κ3) is 4.91. The number of aliphatic hydroxyl groups is 1. The van der Waals surface area contributed by atoms with Gasteiger partial charge < -0.3 is 15.3 Å². The summed E-state index contributed by atoms with van der Waals surface area (Å²) < 4.78 is 0. The van der Waals surface area contributed by atoms with Crippen LogP contribution in [-0.2, 0) is 4.79 Å². The summed E-state index contributed by atoms with van der Waals surface area (Å²) in [4.78, 5) is 19.5. The van der Waals surface area contributed by atoms with Crippen molar-refractivity contribution in [2.24, 2.45) is 0 Å². The lowest BCUT2D eigenvalue weighted by Crippen LogP contribution is -2.54. The number of nitrogens with one attached hydrogen (secondary N) is 1. The van der Waals surface area contributed by atoms with Gasteiger partial charge in [-0.25, -0.2) is 0 Å². The molecule has 2 aliphatic heterocycles. The van der Waals surface area contributed by atoms with Crippen molar-refractivity contribution in [2.75, 3.05) is 52.4 Å². The smallest absolute Gasteiger partial charge is 0.234 e. The van der Waals surface area contributed by atoms with Gasteiger partial charge in [-0.3, -0.25) is 14.6 Å². The van der Waals surface area contributed by atoms with Crippen LogP contribution in [0.25, 0.3) is 0 Å². The van der Waals surface area contributed by atoms with E-state index in [2.05, 4.69) is 26.9 Å². The first-order valence-electron chi connectivity index (χ1n) is 9.80. The summed E-state index contributed by atoms with van der Waals surface area (Å²) in [6.45, 7) is 8.91. The molecule has 3 fully saturated rings. The van der Waals surface area contributed by atoms with Gasteiger partial charge in [0.05, 0.1) is 13.2 Å². The molecule has 2 saturated heterocycles. The number of amides is 1. The van der Waals surface area contributed by atoms with Crippen LogP contribution in [0, 0.1) is 0 Å². The molecule has 1 unspecified atom stereocenters. The molecule has 24 heavy (non-hydrogen) atoms. The molecular weight excluding hydrogens is 304 g/mol. The molecule has 0 aromatic rings. The zero-order valence-electron chi connectivity index (χ0n) is 15.1. The Bertz CT molecular complexity index is 396. The standard InChI is InChI=1S/C18H34N4O2/c1-2-16(14-23)22-11-9-20(10-12-22)13-18(24)19-15-5-7-21(8-6-15)17-3-4-17/h15-17,23H,2-14H2,1H3,(H,19,24). The second kappa shape index (κ2) is 8.61. The first-order chi connectivity index (χ1) is 11.7. The van der Waals surface area contributed by atoms with Gasteiger partial charge in [0.1, 0.15) is 0 Å². The summed E-state index contributed by atoms with van der Waals surface area (Å²) in [5.41, 5.74) is 0. The third-order valence-electron chi connectivity index (χ3n) is 5.93. The van der Waals surface area contributed by atoms with Crippen molar-refractivity contribution in [3.63, 3.8) is 0 Å².